The Morgan fingerprint density at radius 1 is 1.12 bits per heavy atom. The number of anilines is 1. The van der Waals surface area contributed by atoms with Gasteiger partial charge in [-0.2, -0.15) is 4.31 Å². The van der Waals surface area contributed by atoms with Gasteiger partial charge < -0.3 is 9.15 Å². The lowest BCUT2D eigenvalue weighted by Gasteiger charge is -2.30. The molecule has 1 saturated heterocycles. The lowest BCUT2D eigenvalue weighted by molar-refractivity contribution is -0.121. The van der Waals surface area contributed by atoms with Crippen LogP contribution in [0.5, 0.6) is 5.75 Å². The Balaban J connectivity index is 1.37. The van der Waals surface area contributed by atoms with Gasteiger partial charge in [-0.05, 0) is 49.2 Å². The van der Waals surface area contributed by atoms with E-state index in [0.717, 1.165) is 12.1 Å². The van der Waals surface area contributed by atoms with Gasteiger partial charge in [0.15, 0.2) is 0 Å². The van der Waals surface area contributed by atoms with Gasteiger partial charge in [-0.1, -0.05) is 17.2 Å². The molecular weight excluding hydrogens is 439 g/mol. The van der Waals surface area contributed by atoms with Crippen LogP contribution >= 0.6 is 0 Å². The van der Waals surface area contributed by atoms with Crippen LogP contribution in [0.3, 0.4) is 0 Å². The lowest BCUT2D eigenvalue weighted by Crippen LogP contribution is -2.41. The summed E-state index contributed by atoms with van der Waals surface area (Å²) in [4.78, 5) is 12.7. The molecule has 1 aliphatic rings. The van der Waals surface area contributed by atoms with Crippen LogP contribution in [0.25, 0.3) is 11.5 Å². The molecule has 3 aromatic rings. The van der Waals surface area contributed by atoms with E-state index in [4.69, 9.17) is 9.15 Å². The number of para-hydroxylation sites is 1. The van der Waals surface area contributed by atoms with E-state index < -0.39 is 21.8 Å². The number of carbonyl (C=O) groups is 1. The first-order chi connectivity index (χ1) is 15.4. The molecule has 0 bridgehead atoms. The number of ether oxygens (including phenoxy) is 1. The van der Waals surface area contributed by atoms with Crippen LogP contribution in [0, 0.1) is 11.7 Å². The highest BCUT2D eigenvalue weighted by Gasteiger charge is 2.32. The summed E-state index contributed by atoms with van der Waals surface area (Å²) in [6.07, 6.45) is 0.666. The van der Waals surface area contributed by atoms with Crippen LogP contribution in [0.4, 0.5) is 10.4 Å². The summed E-state index contributed by atoms with van der Waals surface area (Å²) in [6.45, 7) is 0.349. The summed E-state index contributed by atoms with van der Waals surface area (Å²) in [5, 5.41) is 10.4. The molecule has 0 aliphatic carbocycles. The maximum absolute atomic E-state index is 13.1. The fourth-order valence-electron chi connectivity index (χ4n) is 3.53. The number of rotatable bonds is 6. The Morgan fingerprint density at radius 3 is 2.50 bits per heavy atom. The van der Waals surface area contributed by atoms with E-state index in [1.807, 2.05) is 6.07 Å². The summed E-state index contributed by atoms with van der Waals surface area (Å²) in [7, 11) is -2.21. The van der Waals surface area contributed by atoms with Gasteiger partial charge in [-0.3, -0.25) is 10.1 Å². The molecule has 32 heavy (non-hydrogen) atoms. The zero-order chi connectivity index (χ0) is 22.7. The van der Waals surface area contributed by atoms with Crippen molar-refractivity contribution in [3.8, 4) is 17.2 Å². The fourth-order valence-corrected chi connectivity index (χ4v) is 5.00. The van der Waals surface area contributed by atoms with Gasteiger partial charge in [0.05, 0.1) is 17.6 Å². The van der Waals surface area contributed by atoms with Crippen molar-refractivity contribution < 1.29 is 26.8 Å². The van der Waals surface area contributed by atoms with Gasteiger partial charge in [0.1, 0.15) is 11.6 Å². The molecule has 2 heterocycles. The number of aromatic nitrogens is 2. The molecule has 1 aromatic heterocycles. The smallest absolute Gasteiger partial charge is 0.322 e. The van der Waals surface area contributed by atoms with E-state index in [-0.39, 0.29) is 35.8 Å². The number of nitrogens with one attached hydrogen (secondary N) is 1. The number of hydrogen-bond donors (Lipinski definition) is 1. The van der Waals surface area contributed by atoms with E-state index in [2.05, 4.69) is 15.5 Å². The second kappa shape index (κ2) is 9.05. The molecule has 11 heteroatoms. The quantitative estimate of drug-likeness (QED) is 0.601. The van der Waals surface area contributed by atoms with E-state index in [0.29, 0.717) is 24.2 Å². The van der Waals surface area contributed by atoms with Crippen LogP contribution in [0.15, 0.2) is 57.8 Å². The molecule has 1 fully saturated rings. The highest BCUT2D eigenvalue weighted by molar-refractivity contribution is 7.89. The van der Waals surface area contributed by atoms with Crippen LogP contribution in [-0.4, -0.2) is 49.0 Å². The predicted octanol–water partition coefficient (Wildman–Crippen LogP) is 2.92. The second-order valence-electron chi connectivity index (χ2n) is 7.23. The maximum Gasteiger partial charge on any atom is 0.322 e. The topological polar surface area (TPSA) is 115 Å². The summed E-state index contributed by atoms with van der Waals surface area (Å²) >= 11 is 0. The lowest BCUT2D eigenvalue weighted by atomic mass is 9.97. The predicted molar refractivity (Wildman–Crippen MR) is 113 cm³/mol. The zero-order valence-electron chi connectivity index (χ0n) is 17.2. The van der Waals surface area contributed by atoms with Gasteiger partial charge in [0.25, 0.3) is 5.89 Å². The van der Waals surface area contributed by atoms with E-state index in [1.165, 1.54) is 23.5 Å². The van der Waals surface area contributed by atoms with Crippen molar-refractivity contribution >= 4 is 21.9 Å². The van der Waals surface area contributed by atoms with Crippen molar-refractivity contribution in [2.45, 2.75) is 17.7 Å². The summed E-state index contributed by atoms with van der Waals surface area (Å²) in [5.74, 6) is -0.466. The van der Waals surface area contributed by atoms with Crippen molar-refractivity contribution in [1.82, 2.24) is 14.5 Å². The Labute approximate surface area is 184 Å². The van der Waals surface area contributed by atoms with Gasteiger partial charge in [0.2, 0.25) is 15.9 Å². The van der Waals surface area contributed by atoms with Crippen LogP contribution in [-0.2, 0) is 14.8 Å². The molecule has 168 valence electrons. The number of carbonyl (C=O) groups excluding carboxylic acids is 1. The number of piperidine rings is 1. The third kappa shape index (κ3) is 4.48. The highest BCUT2D eigenvalue weighted by Crippen LogP contribution is 2.30. The second-order valence-corrected chi connectivity index (χ2v) is 9.17. The number of amides is 1. The van der Waals surface area contributed by atoms with Crippen molar-refractivity contribution in [3.05, 3.63) is 54.3 Å². The van der Waals surface area contributed by atoms with E-state index in [9.17, 15) is 17.6 Å². The van der Waals surface area contributed by atoms with E-state index in [1.54, 1.807) is 18.2 Å². The van der Waals surface area contributed by atoms with Crippen LogP contribution in [0.1, 0.15) is 12.8 Å². The molecule has 1 N–H and O–H groups in total. The SMILES string of the molecule is COc1ccccc1-c1nnc(NC(=O)C2CCN(S(=O)(=O)c3ccc(F)cc3)CC2)o1. The summed E-state index contributed by atoms with van der Waals surface area (Å²) in [6, 6.07) is 11.8. The Morgan fingerprint density at radius 2 is 1.81 bits per heavy atom. The normalized spacial score (nSPS) is 15.4. The van der Waals surface area contributed by atoms with Gasteiger partial charge in [-0.25, -0.2) is 12.8 Å². The van der Waals surface area contributed by atoms with Crippen molar-refractivity contribution in [3.63, 3.8) is 0 Å². The minimum Gasteiger partial charge on any atom is -0.496 e. The molecule has 1 aliphatic heterocycles. The van der Waals surface area contributed by atoms with Crippen molar-refractivity contribution in [2.75, 3.05) is 25.5 Å². The largest absolute Gasteiger partial charge is 0.496 e. The van der Waals surface area contributed by atoms with Crippen LogP contribution in [0.2, 0.25) is 0 Å². The number of nitrogens with zero attached hydrogens (tertiary/aromatic N) is 3. The minimum atomic E-state index is -3.74. The standard InChI is InChI=1S/C21H21FN4O5S/c1-30-18-5-3-2-4-17(18)20-24-25-21(31-20)23-19(27)14-10-12-26(13-11-14)32(28,29)16-8-6-15(22)7-9-16/h2-9,14H,10-13H2,1H3,(H,23,25,27). The first-order valence-corrected chi connectivity index (χ1v) is 11.4. The summed E-state index contributed by atoms with van der Waals surface area (Å²) < 4.78 is 50.6. The van der Waals surface area contributed by atoms with Gasteiger partial charge >= 0.3 is 6.01 Å². The average molecular weight is 460 g/mol. The molecule has 0 unspecified atom stereocenters. The Kier molecular flexibility index (Phi) is 6.19. The van der Waals surface area contributed by atoms with Crippen molar-refractivity contribution in [2.24, 2.45) is 5.92 Å². The Bertz CT molecular complexity index is 1200. The molecule has 0 atom stereocenters. The highest BCUT2D eigenvalue weighted by atomic mass is 32.2. The van der Waals surface area contributed by atoms with Gasteiger partial charge in [-0.15, -0.1) is 5.10 Å². The number of halogens is 1. The number of hydrogen-bond acceptors (Lipinski definition) is 7. The third-order valence-electron chi connectivity index (χ3n) is 5.27. The monoisotopic (exact) mass is 460 g/mol. The van der Waals surface area contributed by atoms with Crippen molar-refractivity contribution in [1.29, 1.82) is 0 Å². The number of methoxy groups -OCH3 is 1. The average Bonchev–Trinajstić information content (AvgIpc) is 3.27. The Hall–Kier alpha value is -3.31. The molecule has 9 nitrogen and oxygen atoms in total. The molecule has 0 spiro atoms. The summed E-state index contributed by atoms with van der Waals surface area (Å²) in [5.41, 5.74) is 0.599. The minimum absolute atomic E-state index is 0.0246. The molecule has 2 aromatic carbocycles. The number of sulfonamides is 1. The molecular formula is C21H21FN4O5S. The first-order valence-electron chi connectivity index (χ1n) is 9.92. The molecule has 0 radical (unpaired) electrons. The molecule has 0 saturated carbocycles. The maximum atomic E-state index is 13.1. The first kappa shape index (κ1) is 21.9. The van der Waals surface area contributed by atoms with Gasteiger partial charge in [0, 0.05) is 19.0 Å². The van der Waals surface area contributed by atoms with Crippen LogP contribution < -0.4 is 10.1 Å². The van der Waals surface area contributed by atoms with E-state index >= 15 is 0 Å². The molecule has 4 rings (SSSR count). The number of benzene rings is 2. The third-order valence-corrected chi connectivity index (χ3v) is 7.18. The fraction of sp³-hybridized carbons (Fsp3) is 0.286. The zero-order valence-corrected chi connectivity index (χ0v) is 18.0. The molecule has 1 amide bonds.